The molecule has 0 aliphatic rings. The number of aromatic hydroxyl groups is 3. The van der Waals surface area contributed by atoms with Gasteiger partial charge in [0.15, 0.2) is 0 Å². The fourth-order valence-electron chi connectivity index (χ4n) is 1.13. The molecule has 0 heterocycles. The van der Waals surface area contributed by atoms with Gasteiger partial charge in [-0.25, -0.2) is 0 Å². The largest absolute Gasteiger partial charge is 0.508 e. The molecule has 2 rings (SSSR count). The zero-order chi connectivity index (χ0) is 12.8. The van der Waals surface area contributed by atoms with Crippen LogP contribution in [0.5, 0.6) is 17.2 Å². The zero-order valence-electron chi connectivity index (χ0n) is 9.46. The number of phenolic OH excluding ortho intramolecular Hbond substituents is 3. The third-order valence-corrected chi connectivity index (χ3v) is 2.07. The summed E-state index contributed by atoms with van der Waals surface area (Å²) in [5.41, 5.74) is 6.92. The number of benzene rings is 2. The van der Waals surface area contributed by atoms with Gasteiger partial charge in [0.05, 0.1) is 0 Å². The highest BCUT2D eigenvalue weighted by molar-refractivity contribution is 5.46. The van der Waals surface area contributed by atoms with Crippen LogP contribution in [-0.2, 0) is 0 Å². The molecule has 0 aliphatic carbocycles. The lowest BCUT2D eigenvalue weighted by molar-refractivity contribution is 0.460. The molecule has 0 atom stereocenters. The summed E-state index contributed by atoms with van der Waals surface area (Å²) in [6.45, 7) is 1.81. The molecule has 4 heteroatoms. The van der Waals surface area contributed by atoms with Gasteiger partial charge in [-0.1, -0.05) is 0 Å². The number of anilines is 1. The first-order valence-electron chi connectivity index (χ1n) is 5.02. The third kappa shape index (κ3) is 4.34. The Morgan fingerprint density at radius 2 is 1.29 bits per heavy atom. The van der Waals surface area contributed by atoms with E-state index >= 15 is 0 Å². The number of aryl methyl sites for hydroxylation is 1. The van der Waals surface area contributed by atoms with Crippen LogP contribution in [-0.4, -0.2) is 15.3 Å². The first kappa shape index (κ1) is 12.7. The molecule has 0 aliphatic heterocycles. The van der Waals surface area contributed by atoms with Crippen molar-refractivity contribution in [3.05, 3.63) is 48.0 Å². The lowest BCUT2D eigenvalue weighted by atomic mass is 10.2. The van der Waals surface area contributed by atoms with E-state index in [1.807, 2.05) is 6.92 Å². The molecule has 90 valence electrons. The Kier molecular flexibility index (Phi) is 4.22. The fraction of sp³-hybridized carbons (Fsp3) is 0.0769. The predicted molar refractivity (Wildman–Crippen MR) is 67.0 cm³/mol. The Morgan fingerprint density at radius 3 is 1.65 bits per heavy atom. The van der Waals surface area contributed by atoms with Gasteiger partial charge in [0.25, 0.3) is 0 Å². The smallest absolute Gasteiger partial charge is 0.118 e. The highest BCUT2D eigenvalue weighted by Gasteiger charge is 1.92. The normalized spacial score (nSPS) is 9.24. The minimum absolute atomic E-state index is 0.169. The van der Waals surface area contributed by atoms with Crippen LogP contribution in [0.1, 0.15) is 5.56 Å². The Bertz CT molecular complexity index is 460. The molecule has 4 nitrogen and oxygen atoms in total. The van der Waals surface area contributed by atoms with E-state index in [-0.39, 0.29) is 11.5 Å². The van der Waals surface area contributed by atoms with Gasteiger partial charge < -0.3 is 21.1 Å². The van der Waals surface area contributed by atoms with Crippen molar-refractivity contribution in [2.45, 2.75) is 6.92 Å². The van der Waals surface area contributed by atoms with Crippen molar-refractivity contribution >= 4 is 5.69 Å². The van der Waals surface area contributed by atoms with Crippen LogP contribution in [0.15, 0.2) is 42.5 Å². The summed E-state index contributed by atoms with van der Waals surface area (Å²) in [7, 11) is 0. The molecule has 0 spiro atoms. The van der Waals surface area contributed by atoms with Gasteiger partial charge in [0.1, 0.15) is 17.2 Å². The predicted octanol–water partition coefficient (Wildman–Crippen LogP) is 2.38. The van der Waals surface area contributed by atoms with E-state index in [9.17, 15) is 0 Å². The first-order valence-corrected chi connectivity index (χ1v) is 5.02. The van der Waals surface area contributed by atoms with Crippen molar-refractivity contribution in [1.29, 1.82) is 0 Å². The Hall–Kier alpha value is -2.36. The lowest BCUT2D eigenvalue weighted by Crippen LogP contribution is -1.84. The SMILES string of the molecule is Cc1cc(N)ccc1O.Oc1ccc(O)cc1. The van der Waals surface area contributed by atoms with Crippen LogP contribution in [0.25, 0.3) is 0 Å². The van der Waals surface area contributed by atoms with E-state index in [0.717, 1.165) is 5.56 Å². The van der Waals surface area contributed by atoms with Crippen LogP contribution in [0.4, 0.5) is 5.69 Å². The average molecular weight is 233 g/mol. The second-order valence-electron chi connectivity index (χ2n) is 3.56. The highest BCUT2D eigenvalue weighted by Crippen LogP contribution is 2.17. The van der Waals surface area contributed by atoms with E-state index in [1.165, 1.54) is 24.3 Å². The van der Waals surface area contributed by atoms with Gasteiger partial charge in [0, 0.05) is 5.69 Å². The summed E-state index contributed by atoms with van der Waals surface area (Å²) < 4.78 is 0. The number of nitrogen functional groups attached to an aromatic ring is 1. The maximum absolute atomic E-state index is 8.99. The van der Waals surface area contributed by atoms with Crippen LogP contribution in [0.3, 0.4) is 0 Å². The Morgan fingerprint density at radius 1 is 0.824 bits per heavy atom. The van der Waals surface area contributed by atoms with Crippen LogP contribution in [0, 0.1) is 6.92 Å². The maximum atomic E-state index is 8.99. The molecule has 5 N–H and O–H groups in total. The molecule has 0 amide bonds. The molecular formula is C13H15NO3. The van der Waals surface area contributed by atoms with Crippen LogP contribution < -0.4 is 5.73 Å². The first-order chi connectivity index (χ1) is 7.99. The molecule has 0 radical (unpaired) electrons. The van der Waals surface area contributed by atoms with E-state index < -0.39 is 0 Å². The van der Waals surface area contributed by atoms with E-state index in [1.54, 1.807) is 18.2 Å². The molecule has 0 aromatic heterocycles. The van der Waals surface area contributed by atoms with Crippen molar-refractivity contribution < 1.29 is 15.3 Å². The van der Waals surface area contributed by atoms with Crippen molar-refractivity contribution in [3.63, 3.8) is 0 Å². The summed E-state index contributed by atoms with van der Waals surface area (Å²) in [5, 5.41) is 26.3. The Labute approximate surface area is 99.6 Å². The molecule has 0 bridgehead atoms. The number of nitrogens with two attached hydrogens (primary N) is 1. The van der Waals surface area contributed by atoms with Gasteiger partial charge in [-0.3, -0.25) is 0 Å². The summed E-state index contributed by atoms with van der Waals surface area (Å²) in [6.07, 6.45) is 0. The number of rotatable bonds is 0. The van der Waals surface area contributed by atoms with Crippen molar-refractivity contribution in [1.82, 2.24) is 0 Å². The van der Waals surface area contributed by atoms with Crippen molar-refractivity contribution in [2.75, 3.05) is 5.73 Å². The Balaban J connectivity index is 0.000000171. The monoisotopic (exact) mass is 233 g/mol. The topological polar surface area (TPSA) is 86.7 Å². The fourth-order valence-corrected chi connectivity index (χ4v) is 1.13. The quantitative estimate of drug-likeness (QED) is 0.415. The minimum atomic E-state index is 0.169. The summed E-state index contributed by atoms with van der Waals surface area (Å²) >= 11 is 0. The second-order valence-corrected chi connectivity index (χ2v) is 3.56. The van der Waals surface area contributed by atoms with Gasteiger partial charge >= 0.3 is 0 Å². The van der Waals surface area contributed by atoms with Gasteiger partial charge in [0.2, 0.25) is 0 Å². The molecule has 0 unspecified atom stereocenters. The summed E-state index contributed by atoms with van der Waals surface area (Å²) in [5.74, 6) is 0.634. The van der Waals surface area contributed by atoms with Gasteiger partial charge in [-0.15, -0.1) is 0 Å². The lowest BCUT2D eigenvalue weighted by Gasteiger charge is -1.97. The maximum Gasteiger partial charge on any atom is 0.118 e. The standard InChI is InChI=1S/C7H9NO.C6H6O2/c1-5-4-6(8)2-3-7(5)9;7-5-1-2-6(8)4-3-5/h2-4,9H,8H2,1H3;1-4,7-8H. The van der Waals surface area contributed by atoms with Crippen molar-refractivity contribution in [3.8, 4) is 17.2 Å². The number of hydrogen-bond donors (Lipinski definition) is 4. The minimum Gasteiger partial charge on any atom is -0.508 e. The van der Waals surface area contributed by atoms with Crippen LogP contribution in [0.2, 0.25) is 0 Å². The van der Waals surface area contributed by atoms with E-state index in [0.29, 0.717) is 11.4 Å². The van der Waals surface area contributed by atoms with E-state index in [4.69, 9.17) is 21.1 Å². The third-order valence-electron chi connectivity index (χ3n) is 2.07. The molecule has 0 fully saturated rings. The van der Waals surface area contributed by atoms with Crippen molar-refractivity contribution in [2.24, 2.45) is 0 Å². The zero-order valence-corrected chi connectivity index (χ0v) is 9.46. The summed E-state index contributed by atoms with van der Waals surface area (Å²) in [6, 6.07) is 10.7. The molecular weight excluding hydrogens is 218 g/mol. The number of hydrogen-bond acceptors (Lipinski definition) is 4. The van der Waals surface area contributed by atoms with Gasteiger partial charge in [-0.05, 0) is 55.0 Å². The molecule has 0 saturated heterocycles. The summed E-state index contributed by atoms with van der Waals surface area (Å²) in [4.78, 5) is 0. The van der Waals surface area contributed by atoms with Gasteiger partial charge in [-0.2, -0.15) is 0 Å². The average Bonchev–Trinajstić information content (AvgIpc) is 2.29. The molecule has 2 aromatic rings. The second kappa shape index (κ2) is 5.65. The molecule has 17 heavy (non-hydrogen) atoms. The number of phenols is 3. The molecule has 2 aromatic carbocycles. The molecule has 0 saturated carbocycles. The van der Waals surface area contributed by atoms with E-state index in [2.05, 4.69) is 0 Å². The van der Waals surface area contributed by atoms with Crippen LogP contribution >= 0.6 is 0 Å². The highest BCUT2D eigenvalue weighted by atomic mass is 16.3.